The van der Waals surface area contributed by atoms with Crippen LogP contribution in [0.4, 0.5) is 4.39 Å². The molecule has 0 bridgehead atoms. The molecule has 2 rings (SSSR count). The highest BCUT2D eigenvalue weighted by atomic mass is 19.1. The molecule has 1 unspecified atom stereocenters. The second-order valence-corrected chi connectivity index (χ2v) is 5.18. The number of aliphatic hydroxyl groups excluding tert-OH is 1. The Morgan fingerprint density at radius 3 is 2.79 bits per heavy atom. The predicted octanol–water partition coefficient (Wildman–Crippen LogP) is 0.545. The van der Waals surface area contributed by atoms with Gasteiger partial charge in [0.05, 0.1) is 12.2 Å². The van der Waals surface area contributed by atoms with Gasteiger partial charge in [-0.25, -0.2) is 4.39 Å². The smallest absolute Gasteiger partial charge is 0.250 e. The van der Waals surface area contributed by atoms with Crippen molar-refractivity contribution in [2.24, 2.45) is 0 Å². The van der Waals surface area contributed by atoms with Crippen molar-refractivity contribution in [3.8, 4) is 0 Å². The molecule has 8 heteroatoms. The number of hydrogen-bond acceptors (Lipinski definition) is 5. The molecule has 2 amide bonds. The molecule has 0 saturated carbocycles. The van der Waals surface area contributed by atoms with E-state index in [0.717, 1.165) is 0 Å². The zero-order valence-electron chi connectivity index (χ0n) is 13.0. The highest BCUT2D eigenvalue weighted by Crippen LogP contribution is 2.08. The number of nitrogens with one attached hydrogen (secondary N) is 2. The van der Waals surface area contributed by atoms with E-state index >= 15 is 0 Å². The first kappa shape index (κ1) is 17.9. The van der Waals surface area contributed by atoms with Crippen LogP contribution in [-0.2, 0) is 25.9 Å². The number of carbonyl (C=O) groups excluding carboxylic acids is 2. The first-order chi connectivity index (χ1) is 11.6. The zero-order valence-corrected chi connectivity index (χ0v) is 13.0. The van der Waals surface area contributed by atoms with Crippen molar-refractivity contribution in [1.29, 1.82) is 0 Å². The molecule has 0 spiro atoms. The molecular weight excluding hydrogens is 319 g/mol. The number of hydrogen-bond donors (Lipinski definition) is 3. The molecule has 3 N–H and O–H groups in total. The van der Waals surface area contributed by atoms with Crippen LogP contribution in [0.3, 0.4) is 0 Å². The number of benzene rings is 1. The largest absolute Gasteiger partial charge is 0.383 e. The summed E-state index contributed by atoms with van der Waals surface area (Å²) >= 11 is 0. The van der Waals surface area contributed by atoms with Crippen molar-refractivity contribution in [2.75, 3.05) is 13.2 Å². The van der Waals surface area contributed by atoms with Gasteiger partial charge >= 0.3 is 0 Å². The summed E-state index contributed by atoms with van der Waals surface area (Å²) in [4.78, 5) is 32.7. The van der Waals surface area contributed by atoms with Gasteiger partial charge in [0.2, 0.25) is 5.91 Å². The molecule has 7 nitrogen and oxygen atoms in total. The standard InChI is InChI=1S/C16H19FN2O5/c17-13-4-2-1-3-11(13)9-19-16(22)14(20)5-7-18-15(21)12-6-8-23-24-10-12/h1-4,10,14,20H,5-9H2,(H,18,21)(H,19,22). The lowest BCUT2D eigenvalue weighted by atomic mass is 10.1. The zero-order chi connectivity index (χ0) is 17.4. The van der Waals surface area contributed by atoms with Gasteiger partial charge in [0.25, 0.3) is 5.91 Å². The van der Waals surface area contributed by atoms with Crippen molar-refractivity contribution >= 4 is 11.8 Å². The van der Waals surface area contributed by atoms with E-state index in [2.05, 4.69) is 20.4 Å². The van der Waals surface area contributed by atoms with Crippen LogP contribution in [0.5, 0.6) is 0 Å². The monoisotopic (exact) mass is 338 g/mol. The minimum atomic E-state index is -1.29. The molecular formula is C16H19FN2O5. The maximum Gasteiger partial charge on any atom is 0.250 e. The summed E-state index contributed by atoms with van der Waals surface area (Å²) in [5.74, 6) is -1.38. The van der Waals surface area contributed by atoms with Gasteiger partial charge in [-0.3, -0.25) is 9.59 Å². The molecule has 1 aliphatic rings. The lowest BCUT2D eigenvalue weighted by molar-refractivity contribution is -0.256. The van der Waals surface area contributed by atoms with Crippen LogP contribution >= 0.6 is 0 Å². The van der Waals surface area contributed by atoms with Crippen molar-refractivity contribution in [2.45, 2.75) is 25.5 Å². The molecule has 1 aromatic rings. The van der Waals surface area contributed by atoms with E-state index in [-0.39, 0.29) is 25.4 Å². The third-order valence-electron chi connectivity index (χ3n) is 3.42. The van der Waals surface area contributed by atoms with Gasteiger partial charge in [-0.15, -0.1) is 0 Å². The maximum atomic E-state index is 13.4. The second kappa shape index (κ2) is 8.99. The van der Waals surface area contributed by atoms with Crippen molar-refractivity contribution in [3.63, 3.8) is 0 Å². The summed E-state index contributed by atoms with van der Waals surface area (Å²) in [5.41, 5.74) is 0.762. The highest BCUT2D eigenvalue weighted by molar-refractivity contribution is 5.93. The summed E-state index contributed by atoms with van der Waals surface area (Å²) in [7, 11) is 0. The summed E-state index contributed by atoms with van der Waals surface area (Å²) in [6.45, 7) is 0.394. The highest BCUT2D eigenvalue weighted by Gasteiger charge is 2.17. The van der Waals surface area contributed by atoms with E-state index in [9.17, 15) is 19.1 Å². The third kappa shape index (κ3) is 5.32. The Kier molecular flexibility index (Phi) is 6.71. The van der Waals surface area contributed by atoms with E-state index in [4.69, 9.17) is 0 Å². The molecule has 130 valence electrons. The van der Waals surface area contributed by atoms with Gasteiger partial charge < -0.3 is 20.6 Å². The Morgan fingerprint density at radius 1 is 1.29 bits per heavy atom. The number of halogens is 1. The SMILES string of the molecule is O=C(NCCC(O)C(=O)NCc1ccccc1F)C1=COOCC1. The number of aliphatic hydroxyl groups is 1. The molecule has 0 radical (unpaired) electrons. The predicted molar refractivity (Wildman–Crippen MR) is 81.6 cm³/mol. The van der Waals surface area contributed by atoms with E-state index in [1.54, 1.807) is 18.2 Å². The number of rotatable bonds is 7. The molecule has 0 fully saturated rings. The molecule has 1 aromatic carbocycles. The van der Waals surface area contributed by atoms with E-state index in [1.165, 1.54) is 12.3 Å². The van der Waals surface area contributed by atoms with E-state index in [1.807, 2.05) is 0 Å². The Labute approximate surface area is 138 Å². The van der Waals surface area contributed by atoms with Crippen molar-refractivity contribution in [1.82, 2.24) is 10.6 Å². The van der Waals surface area contributed by atoms with Gasteiger partial charge in [-0.2, -0.15) is 4.89 Å². The molecule has 0 aromatic heterocycles. The Bertz CT molecular complexity index is 620. The molecule has 24 heavy (non-hydrogen) atoms. The average molecular weight is 338 g/mol. The number of amides is 2. The van der Waals surface area contributed by atoms with Crippen LogP contribution in [0.1, 0.15) is 18.4 Å². The van der Waals surface area contributed by atoms with Crippen LogP contribution in [0.15, 0.2) is 36.1 Å². The second-order valence-electron chi connectivity index (χ2n) is 5.18. The topological polar surface area (TPSA) is 96.9 Å². The molecule has 1 atom stereocenters. The van der Waals surface area contributed by atoms with Gasteiger partial charge in [-0.1, -0.05) is 18.2 Å². The summed E-state index contributed by atoms with van der Waals surface area (Å²) in [6, 6.07) is 6.05. The van der Waals surface area contributed by atoms with Gasteiger partial charge in [0, 0.05) is 25.1 Å². The van der Waals surface area contributed by atoms with Crippen LogP contribution in [0.25, 0.3) is 0 Å². The molecule has 0 aliphatic carbocycles. The quantitative estimate of drug-likeness (QED) is 0.631. The van der Waals surface area contributed by atoms with Crippen LogP contribution in [-0.4, -0.2) is 36.2 Å². The van der Waals surface area contributed by atoms with E-state index < -0.39 is 17.8 Å². The first-order valence-electron chi connectivity index (χ1n) is 7.52. The fourth-order valence-electron chi connectivity index (χ4n) is 2.03. The van der Waals surface area contributed by atoms with Crippen LogP contribution in [0, 0.1) is 5.82 Å². The van der Waals surface area contributed by atoms with Crippen LogP contribution in [0.2, 0.25) is 0 Å². The van der Waals surface area contributed by atoms with Crippen LogP contribution < -0.4 is 10.6 Å². The minimum Gasteiger partial charge on any atom is -0.383 e. The van der Waals surface area contributed by atoms with Gasteiger partial charge in [0.1, 0.15) is 18.2 Å². The Hall–Kier alpha value is -2.45. The van der Waals surface area contributed by atoms with Gasteiger partial charge in [0.15, 0.2) is 0 Å². The minimum absolute atomic E-state index is 0.0147. The molecule has 0 saturated heterocycles. The first-order valence-corrected chi connectivity index (χ1v) is 7.52. The summed E-state index contributed by atoms with van der Waals surface area (Å²) in [6.07, 6.45) is 0.393. The van der Waals surface area contributed by atoms with E-state index in [0.29, 0.717) is 24.2 Å². The summed E-state index contributed by atoms with van der Waals surface area (Å²) < 4.78 is 13.4. The lowest BCUT2D eigenvalue weighted by Gasteiger charge is -2.14. The van der Waals surface area contributed by atoms with Gasteiger partial charge in [-0.05, 0) is 12.5 Å². The molecule has 1 aliphatic heterocycles. The van der Waals surface area contributed by atoms with Crippen molar-refractivity contribution < 1.29 is 28.9 Å². The Morgan fingerprint density at radius 2 is 2.08 bits per heavy atom. The third-order valence-corrected chi connectivity index (χ3v) is 3.42. The molecule has 1 heterocycles. The average Bonchev–Trinajstić information content (AvgIpc) is 2.61. The Balaban J connectivity index is 1.69. The fourth-order valence-corrected chi connectivity index (χ4v) is 2.03. The maximum absolute atomic E-state index is 13.4. The van der Waals surface area contributed by atoms with Crippen molar-refractivity contribution in [3.05, 3.63) is 47.5 Å². The lowest BCUT2D eigenvalue weighted by Crippen LogP contribution is -2.37. The normalized spacial score (nSPS) is 15.0. The fraction of sp³-hybridized carbons (Fsp3) is 0.375. The summed E-state index contributed by atoms with van der Waals surface area (Å²) in [5, 5.41) is 14.8. The number of carbonyl (C=O) groups is 2.